The van der Waals surface area contributed by atoms with Crippen molar-refractivity contribution in [3.63, 3.8) is 0 Å². The first-order valence-electron chi connectivity index (χ1n) is 5.97. The molecule has 0 aromatic carbocycles. The van der Waals surface area contributed by atoms with Crippen molar-refractivity contribution in [3.05, 3.63) is 17.6 Å². The molecule has 1 heterocycles. The van der Waals surface area contributed by atoms with Crippen molar-refractivity contribution in [3.8, 4) is 0 Å². The Labute approximate surface area is 114 Å². The van der Waals surface area contributed by atoms with Gasteiger partial charge in [0.15, 0.2) is 0 Å². The third-order valence-corrected chi connectivity index (χ3v) is 4.78. The lowest BCUT2D eigenvalue weighted by Gasteiger charge is -2.32. The van der Waals surface area contributed by atoms with Crippen molar-refractivity contribution < 1.29 is 17.9 Å². The summed E-state index contributed by atoms with van der Waals surface area (Å²) in [5.74, 6) is 0.518. The van der Waals surface area contributed by atoms with E-state index in [2.05, 4.69) is 4.72 Å². The topological polar surface area (TPSA) is 82.8 Å². The fraction of sp³-hybridized carbons (Fsp3) is 0.667. The standard InChI is InChI=1S/C12H22N2O4S/c1-9-11(6-10(7-15)18-9)19(16,17)13-8-12(2,3)14(4)5/h6,13,15H,7-8H2,1-5H3. The zero-order valence-electron chi connectivity index (χ0n) is 12.0. The smallest absolute Gasteiger partial charge is 0.244 e. The average Bonchev–Trinajstić information content (AvgIpc) is 2.69. The van der Waals surface area contributed by atoms with E-state index >= 15 is 0 Å². The second-order valence-corrected chi connectivity index (χ2v) is 7.06. The van der Waals surface area contributed by atoms with Gasteiger partial charge in [-0.05, 0) is 34.9 Å². The molecule has 2 N–H and O–H groups in total. The molecule has 0 radical (unpaired) electrons. The molecule has 19 heavy (non-hydrogen) atoms. The molecule has 0 bridgehead atoms. The molecule has 0 spiro atoms. The van der Waals surface area contributed by atoms with E-state index in [0.717, 1.165) is 0 Å². The minimum atomic E-state index is -3.63. The highest BCUT2D eigenvalue weighted by Gasteiger charge is 2.26. The summed E-state index contributed by atoms with van der Waals surface area (Å²) in [6, 6.07) is 1.35. The van der Waals surface area contributed by atoms with Crippen LogP contribution < -0.4 is 4.72 Å². The number of likely N-dealkylation sites (N-methyl/N-ethyl adjacent to an activating group) is 1. The molecule has 0 fully saturated rings. The first-order valence-corrected chi connectivity index (χ1v) is 7.46. The van der Waals surface area contributed by atoms with Gasteiger partial charge in [-0.2, -0.15) is 0 Å². The molecule has 110 valence electrons. The number of aryl methyl sites for hydroxylation is 1. The maximum atomic E-state index is 12.2. The van der Waals surface area contributed by atoms with Gasteiger partial charge in [-0.25, -0.2) is 13.1 Å². The summed E-state index contributed by atoms with van der Waals surface area (Å²) in [5.41, 5.74) is -0.301. The van der Waals surface area contributed by atoms with Gasteiger partial charge in [0.1, 0.15) is 23.0 Å². The van der Waals surface area contributed by atoms with E-state index in [1.165, 1.54) is 6.07 Å². The Balaban J connectivity index is 2.90. The van der Waals surface area contributed by atoms with E-state index < -0.39 is 10.0 Å². The van der Waals surface area contributed by atoms with Crippen LogP contribution in [0, 0.1) is 6.92 Å². The summed E-state index contributed by atoms with van der Waals surface area (Å²) in [6.07, 6.45) is 0. The number of aliphatic hydroxyl groups excluding tert-OH is 1. The molecule has 0 aliphatic carbocycles. The highest BCUT2D eigenvalue weighted by molar-refractivity contribution is 7.89. The van der Waals surface area contributed by atoms with Gasteiger partial charge < -0.3 is 14.4 Å². The summed E-state index contributed by atoms with van der Waals surface area (Å²) < 4.78 is 32.1. The molecule has 1 rings (SSSR count). The number of hydrogen-bond donors (Lipinski definition) is 2. The molecule has 7 heteroatoms. The van der Waals surface area contributed by atoms with Crippen molar-refractivity contribution in [2.75, 3.05) is 20.6 Å². The van der Waals surface area contributed by atoms with Gasteiger partial charge in [0.05, 0.1) is 0 Å². The molecular weight excluding hydrogens is 268 g/mol. The molecule has 1 aromatic heterocycles. The maximum Gasteiger partial charge on any atom is 0.244 e. The minimum Gasteiger partial charge on any atom is -0.462 e. The third-order valence-electron chi connectivity index (χ3n) is 3.27. The van der Waals surface area contributed by atoms with Crippen molar-refractivity contribution in [2.24, 2.45) is 0 Å². The van der Waals surface area contributed by atoms with E-state index in [9.17, 15) is 8.42 Å². The van der Waals surface area contributed by atoms with Gasteiger partial charge in [-0.3, -0.25) is 0 Å². The fourth-order valence-electron chi connectivity index (χ4n) is 1.38. The van der Waals surface area contributed by atoms with Crippen LogP contribution in [0.5, 0.6) is 0 Å². The Hall–Kier alpha value is -0.890. The molecule has 1 aromatic rings. The molecule has 0 unspecified atom stereocenters. The minimum absolute atomic E-state index is 0.0751. The Bertz CT molecular complexity index is 532. The lowest BCUT2D eigenvalue weighted by atomic mass is 10.1. The van der Waals surface area contributed by atoms with Crippen LogP contribution in [0.1, 0.15) is 25.4 Å². The normalized spacial score (nSPS) is 13.2. The Kier molecular flexibility index (Phi) is 4.78. The number of nitrogens with zero attached hydrogens (tertiary/aromatic N) is 1. The summed E-state index contributed by atoms with van der Waals surface area (Å²) in [7, 11) is 0.152. The number of sulfonamides is 1. The predicted molar refractivity (Wildman–Crippen MR) is 72.3 cm³/mol. The lowest BCUT2D eigenvalue weighted by Crippen LogP contribution is -2.48. The molecule has 0 amide bonds. The van der Waals surface area contributed by atoms with Crippen LogP contribution in [0.25, 0.3) is 0 Å². The predicted octanol–water partition coefficient (Wildman–Crippen LogP) is 0.699. The van der Waals surface area contributed by atoms with Gasteiger partial charge in [-0.1, -0.05) is 0 Å². The summed E-state index contributed by atoms with van der Waals surface area (Å²) >= 11 is 0. The highest BCUT2D eigenvalue weighted by Crippen LogP contribution is 2.20. The average molecular weight is 290 g/mol. The van der Waals surface area contributed by atoms with Crippen LogP contribution in [0.3, 0.4) is 0 Å². The largest absolute Gasteiger partial charge is 0.462 e. The van der Waals surface area contributed by atoms with Crippen LogP contribution in [0.15, 0.2) is 15.4 Å². The molecular formula is C12H22N2O4S. The Morgan fingerprint density at radius 2 is 2.00 bits per heavy atom. The van der Waals surface area contributed by atoms with Gasteiger partial charge in [0.25, 0.3) is 0 Å². The van der Waals surface area contributed by atoms with Crippen molar-refractivity contribution in [1.29, 1.82) is 0 Å². The Morgan fingerprint density at radius 3 is 2.42 bits per heavy atom. The number of furan rings is 1. The number of aliphatic hydroxyl groups is 1. The van der Waals surface area contributed by atoms with E-state index in [-0.39, 0.29) is 35.1 Å². The number of rotatable bonds is 6. The quantitative estimate of drug-likeness (QED) is 0.806. The van der Waals surface area contributed by atoms with Gasteiger partial charge in [-0.15, -0.1) is 0 Å². The van der Waals surface area contributed by atoms with Crippen LogP contribution in [0.4, 0.5) is 0 Å². The van der Waals surface area contributed by atoms with Crippen LogP contribution >= 0.6 is 0 Å². The molecule has 0 saturated heterocycles. The second-order valence-electron chi connectivity index (χ2n) is 5.32. The Morgan fingerprint density at radius 1 is 1.42 bits per heavy atom. The van der Waals surface area contributed by atoms with Crippen molar-refractivity contribution >= 4 is 10.0 Å². The van der Waals surface area contributed by atoms with E-state index in [0.29, 0.717) is 0 Å². The lowest BCUT2D eigenvalue weighted by molar-refractivity contribution is 0.199. The first-order chi connectivity index (χ1) is 8.60. The van der Waals surface area contributed by atoms with Crippen molar-refractivity contribution in [2.45, 2.75) is 37.8 Å². The fourth-order valence-corrected chi connectivity index (χ4v) is 2.78. The maximum absolute atomic E-state index is 12.2. The van der Waals surface area contributed by atoms with E-state index in [1.807, 2.05) is 32.8 Å². The second kappa shape index (κ2) is 5.62. The number of nitrogens with one attached hydrogen (secondary N) is 1. The third kappa shape index (κ3) is 3.79. The molecule has 0 aliphatic heterocycles. The first kappa shape index (κ1) is 16.2. The SMILES string of the molecule is Cc1oc(CO)cc1S(=O)(=O)NCC(C)(C)N(C)C. The summed E-state index contributed by atoms with van der Waals surface area (Å²) in [6.45, 7) is 5.40. The van der Waals surface area contributed by atoms with E-state index in [1.54, 1.807) is 6.92 Å². The molecule has 0 saturated carbocycles. The molecule has 0 atom stereocenters. The summed E-state index contributed by atoms with van der Waals surface area (Å²) in [4.78, 5) is 2.02. The van der Waals surface area contributed by atoms with Gasteiger partial charge in [0, 0.05) is 18.2 Å². The highest BCUT2D eigenvalue weighted by atomic mass is 32.2. The van der Waals surface area contributed by atoms with Crippen LogP contribution in [0.2, 0.25) is 0 Å². The van der Waals surface area contributed by atoms with Crippen LogP contribution in [-0.2, 0) is 16.6 Å². The van der Waals surface area contributed by atoms with Gasteiger partial charge in [0.2, 0.25) is 10.0 Å². The zero-order chi connectivity index (χ0) is 14.8. The zero-order valence-corrected chi connectivity index (χ0v) is 12.8. The van der Waals surface area contributed by atoms with Gasteiger partial charge >= 0.3 is 0 Å². The molecule has 0 aliphatic rings. The number of hydrogen-bond acceptors (Lipinski definition) is 5. The monoisotopic (exact) mass is 290 g/mol. The van der Waals surface area contributed by atoms with E-state index in [4.69, 9.17) is 9.52 Å². The summed E-state index contributed by atoms with van der Waals surface area (Å²) in [5, 5.41) is 8.96. The van der Waals surface area contributed by atoms with Crippen LogP contribution in [-0.4, -0.2) is 44.6 Å². The van der Waals surface area contributed by atoms with Crippen molar-refractivity contribution in [1.82, 2.24) is 9.62 Å². The molecule has 6 nitrogen and oxygen atoms in total.